The van der Waals surface area contributed by atoms with Gasteiger partial charge in [0.1, 0.15) is 16.6 Å². The van der Waals surface area contributed by atoms with Crippen LogP contribution in [0.4, 0.5) is 0 Å². The van der Waals surface area contributed by atoms with Gasteiger partial charge in [-0.2, -0.15) is 0 Å². The van der Waals surface area contributed by atoms with E-state index >= 15 is 0 Å². The molecule has 122 valence electrons. The Morgan fingerprint density at radius 2 is 1.88 bits per heavy atom. The first-order chi connectivity index (χ1) is 11.7. The number of benzene rings is 2. The predicted molar refractivity (Wildman–Crippen MR) is 93.8 cm³/mol. The molecule has 1 heterocycles. The van der Waals surface area contributed by atoms with Gasteiger partial charge in [-0.3, -0.25) is 4.79 Å². The molecule has 0 bridgehead atoms. The van der Waals surface area contributed by atoms with Gasteiger partial charge in [0, 0.05) is 12.4 Å². The molecule has 0 aliphatic heterocycles. The van der Waals surface area contributed by atoms with E-state index in [1.54, 1.807) is 30.6 Å². The fourth-order valence-corrected chi connectivity index (χ4v) is 2.84. The number of carbonyl (C=O) groups is 1. The van der Waals surface area contributed by atoms with E-state index in [4.69, 9.17) is 27.9 Å². The quantitative estimate of drug-likeness (QED) is 0.658. The lowest BCUT2D eigenvalue weighted by atomic mass is 9.93. The van der Waals surface area contributed by atoms with E-state index < -0.39 is 12.0 Å². The van der Waals surface area contributed by atoms with Crippen LogP contribution >= 0.6 is 23.2 Å². The molecule has 0 fully saturated rings. The van der Waals surface area contributed by atoms with E-state index in [0.29, 0.717) is 16.6 Å². The average Bonchev–Trinajstić information content (AvgIpc) is 3.13. The number of nitrogens with one attached hydrogen (secondary N) is 1. The first-order valence-electron chi connectivity index (χ1n) is 7.31. The Morgan fingerprint density at radius 3 is 2.54 bits per heavy atom. The number of aromatic amines is 1. The number of aromatic nitrogens is 2. The third-order valence-corrected chi connectivity index (χ3v) is 4.42. The second-order valence-electron chi connectivity index (χ2n) is 5.13. The van der Waals surface area contributed by atoms with Crippen molar-refractivity contribution >= 4 is 29.5 Å². The number of rotatable bonds is 6. The summed E-state index contributed by atoms with van der Waals surface area (Å²) in [7, 11) is 0. The summed E-state index contributed by atoms with van der Waals surface area (Å²) in [5, 5.41) is 0.644. The van der Waals surface area contributed by atoms with Crippen LogP contribution in [0.3, 0.4) is 0 Å². The Balaban J connectivity index is 1.99. The summed E-state index contributed by atoms with van der Waals surface area (Å²) in [5.74, 6) is 0.596. The van der Waals surface area contributed by atoms with Crippen LogP contribution in [0.2, 0.25) is 10.0 Å². The summed E-state index contributed by atoms with van der Waals surface area (Å²) in [6.07, 6.45) is 3.28. The van der Waals surface area contributed by atoms with Crippen LogP contribution in [-0.2, 0) is 4.79 Å². The highest BCUT2D eigenvalue weighted by molar-refractivity contribution is 6.42. The summed E-state index contributed by atoms with van der Waals surface area (Å²) in [4.78, 5) is 19.1. The summed E-state index contributed by atoms with van der Waals surface area (Å²) >= 11 is 12.2. The number of halogens is 2. The van der Waals surface area contributed by atoms with Crippen LogP contribution in [0.25, 0.3) is 0 Å². The van der Waals surface area contributed by atoms with Crippen LogP contribution in [0.5, 0.6) is 5.75 Å². The first-order valence-corrected chi connectivity index (χ1v) is 8.06. The molecule has 0 spiro atoms. The molecule has 0 saturated heterocycles. The van der Waals surface area contributed by atoms with Gasteiger partial charge >= 0.3 is 0 Å². The van der Waals surface area contributed by atoms with E-state index in [9.17, 15) is 4.79 Å². The highest BCUT2D eigenvalue weighted by atomic mass is 35.5. The van der Waals surface area contributed by atoms with Crippen molar-refractivity contribution in [3.63, 3.8) is 0 Å². The molecule has 0 aliphatic carbocycles. The maximum Gasteiger partial charge on any atom is 0.168 e. The lowest BCUT2D eigenvalue weighted by molar-refractivity contribution is -0.114. The molecule has 0 amide bonds. The lowest BCUT2D eigenvalue weighted by Crippen LogP contribution is -2.29. The zero-order valence-corrected chi connectivity index (χ0v) is 14.0. The third kappa shape index (κ3) is 3.45. The summed E-state index contributed by atoms with van der Waals surface area (Å²) in [6.45, 7) is 0. The molecule has 2 aromatic carbocycles. The van der Waals surface area contributed by atoms with Crippen molar-refractivity contribution in [3.05, 3.63) is 82.4 Å². The van der Waals surface area contributed by atoms with Crippen molar-refractivity contribution < 1.29 is 9.53 Å². The smallest absolute Gasteiger partial charge is 0.168 e. The van der Waals surface area contributed by atoms with Crippen molar-refractivity contribution in [1.29, 1.82) is 0 Å². The van der Waals surface area contributed by atoms with Crippen LogP contribution in [-0.4, -0.2) is 22.4 Å². The van der Waals surface area contributed by atoms with Crippen LogP contribution in [0.1, 0.15) is 17.3 Å². The molecule has 0 saturated carbocycles. The van der Waals surface area contributed by atoms with Crippen LogP contribution in [0.15, 0.2) is 60.9 Å². The molecule has 24 heavy (non-hydrogen) atoms. The van der Waals surface area contributed by atoms with Gasteiger partial charge in [0.05, 0.1) is 10.9 Å². The van der Waals surface area contributed by atoms with Gasteiger partial charge in [-0.15, -0.1) is 0 Å². The Labute approximate surface area is 149 Å². The summed E-state index contributed by atoms with van der Waals surface area (Å²) < 4.78 is 5.87. The van der Waals surface area contributed by atoms with Gasteiger partial charge in [-0.1, -0.05) is 59.6 Å². The van der Waals surface area contributed by atoms with Gasteiger partial charge in [-0.25, -0.2) is 4.98 Å². The Bertz CT molecular complexity index is 807. The van der Waals surface area contributed by atoms with Crippen LogP contribution in [0, 0.1) is 0 Å². The summed E-state index contributed by atoms with van der Waals surface area (Å²) in [5.41, 5.74) is 0.905. The number of hydrogen-bond acceptors (Lipinski definition) is 3. The third-order valence-electron chi connectivity index (χ3n) is 3.61. The molecule has 0 aliphatic rings. The number of hydrogen-bond donors (Lipinski definition) is 1. The minimum Gasteiger partial charge on any atom is -0.480 e. The lowest BCUT2D eigenvalue weighted by Gasteiger charge is -2.23. The van der Waals surface area contributed by atoms with Crippen molar-refractivity contribution in [2.24, 2.45) is 0 Å². The summed E-state index contributed by atoms with van der Waals surface area (Å²) in [6, 6.07) is 14.6. The zero-order valence-electron chi connectivity index (χ0n) is 12.5. The molecular weight excluding hydrogens is 347 g/mol. The van der Waals surface area contributed by atoms with E-state index in [2.05, 4.69) is 9.97 Å². The number of imidazole rings is 1. The maximum atomic E-state index is 11.8. The molecule has 3 aromatic rings. The minimum atomic E-state index is -0.811. The number of aldehydes is 1. The highest BCUT2D eigenvalue weighted by Crippen LogP contribution is 2.35. The fourth-order valence-electron chi connectivity index (χ4n) is 2.51. The molecule has 2 atom stereocenters. The number of carbonyl (C=O) groups excluding carboxylic acids is 1. The Hall–Kier alpha value is -2.30. The number of ether oxygens (including phenoxy) is 1. The molecule has 0 radical (unpaired) electrons. The minimum absolute atomic E-state index is 0.275. The van der Waals surface area contributed by atoms with Crippen molar-refractivity contribution in [2.75, 3.05) is 0 Å². The van der Waals surface area contributed by atoms with E-state index in [1.807, 2.05) is 30.3 Å². The van der Waals surface area contributed by atoms with Crippen molar-refractivity contribution in [3.8, 4) is 5.75 Å². The van der Waals surface area contributed by atoms with E-state index in [0.717, 1.165) is 11.8 Å². The largest absolute Gasteiger partial charge is 0.480 e. The number of nitrogens with zero attached hydrogens (tertiary/aromatic N) is 1. The van der Waals surface area contributed by atoms with Gasteiger partial charge < -0.3 is 9.72 Å². The average molecular weight is 361 g/mol. The molecule has 6 heteroatoms. The molecule has 2 unspecified atom stereocenters. The van der Waals surface area contributed by atoms with Gasteiger partial charge in [-0.05, 0) is 17.7 Å². The van der Waals surface area contributed by atoms with Gasteiger partial charge in [0.15, 0.2) is 12.4 Å². The monoisotopic (exact) mass is 360 g/mol. The van der Waals surface area contributed by atoms with E-state index in [-0.39, 0.29) is 5.02 Å². The van der Waals surface area contributed by atoms with Crippen molar-refractivity contribution in [1.82, 2.24) is 9.97 Å². The molecule has 3 rings (SSSR count). The van der Waals surface area contributed by atoms with E-state index in [1.165, 1.54) is 0 Å². The SMILES string of the molecule is O=CC(Oc1cccc(Cl)c1Cl)C(c1ccccc1)c1ncc[nH]1. The second-order valence-corrected chi connectivity index (χ2v) is 5.92. The molecule has 1 N–H and O–H groups in total. The molecule has 1 aromatic heterocycles. The van der Waals surface area contributed by atoms with Crippen molar-refractivity contribution in [2.45, 2.75) is 12.0 Å². The predicted octanol–water partition coefficient (Wildman–Crippen LogP) is 4.49. The molecular formula is C18H14Cl2N2O2. The number of H-pyrrole nitrogens is 1. The van der Waals surface area contributed by atoms with Crippen LogP contribution < -0.4 is 4.74 Å². The Morgan fingerprint density at radius 1 is 1.08 bits per heavy atom. The zero-order chi connectivity index (χ0) is 16.9. The Kier molecular flexibility index (Phi) is 5.18. The second kappa shape index (κ2) is 7.51. The molecule has 4 nitrogen and oxygen atoms in total. The topological polar surface area (TPSA) is 55.0 Å². The fraction of sp³-hybridized carbons (Fsp3) is 0.111. The standard InChI is InChI=1S/C18H14Cl2N2O2/c19-13-7-4-8-14(17(13)20)24-15(11-23)16(18-21-9-10-22-18)12-5-2-1-3-6-12/h1-11,15-16H,(H,21,22). The van der Waals surface area contributed by atoms with Gasteiger partial charge in [0.2, 0.25) is 0 Å². The maximum absolute atomic E-state index is 11.8. The first kappa shape index (κ1) is 16.6. The normalized spacial score (nSPS) is 13.2. The van der Waals surface area contributed by atoms with Gasteiger partial charge in [0.25, 0.3) is 0 Å². The highest BCUT2D eigenvalue weighted by Gasteiger charge is 2.29.